The molecule has 0 spiro atoms. The van der Waals surface area contributed by atoms with E-state index < -0.39 is 0 Å². The van der Waals surface area contributed by atoms with Gasteiger partial charge in [0.2, 0.25) is 0 Å². The molecule has 0 bridgehead atoms. The minimum atomic E-state index is 0.763. The normalized spacial score (nSPS) is 10.7. The molecule has 3 aromatic rings. The lowest BCUT2D eigenvalue weighted by Gasteiger charge is -2.10. The Kier molecular flexibility index (Phi) is 5.15. The Bertz CT molecular complexity index is 761. The van der Waals surface area contributed by atoms with E-state index in [-0.39, 0.29) is 0 Å². The van der Waals surface area contributed by atoms with E-state index >= 15 is 0 Å². The molecule has 0 saturated heterocycles. The highest BCUT2D eigenvalue weighted by atomic mass is 16.5. The molecular weight excluding hydrogens is 282 g/mol. The Morgan fingerprint density at radius 1 is 0.913 bits per heavy atom. The summed E-state index contributed by atoms with van der Waals surface area (Å²) in [4.78, 5) is 0. The van der Waals surface area contributed by atoms with Crippen molar-refractivity contribution in [1.29, 1.82) is 0 Å². The van der Waals surface area contributed by atoms with Crippen molar-refractivity contribution >= 4 is 16.5 Å². The van der Waals surface area contributed by atoms with E-state index in [4.69, 9.17) is 4.74 Å². The Morgan fingerprint density at radius 2 is 1.74 bits per heavy atom. The molecule has 0 unspecified atom stereocenters. The summed E-state index contributed by atoms with van der Waals surface area (Å²) in [6.07, 6.45) is 2.03. The maximum atomic E-state index is 5.68. The Morgan fingerprint density at radius 3 is 2.65 bits per heavy atom. The zero-order chi connectivity index (χ0) is 15.9. The van der Waals surface area contributed by atoms with Crippen molar-refractivity contribution in [3.63, 3.8) is 0 Å². The van der Waals surface area contributed by atoms with Gasteiger partial charge in [0.1, 0.15) is 5.75 Å². The van der Waals surface area contributed by atoms with Crippen LogP contribution in [-0.2, 0) is 6.42 Å². The first kappa shape index (κ1) is 15.4. The number of fused-ring (bicyclic) bond motifs is 1. The summed E-state index contributed by atoms with van der Waals surface area (Å²) >= 11 is 0. The van der Waals surface area contributed by atoms with Gasteiger partial charge in [0.25, 0.3) is 0 Å². The van der Waals surface area contributed by atoms with Crippen molar-refractivity contribution < 1.29 is 4.74 Å². The Labute approximate surface area is 138 Å². The van der Waals surface area contributed by atoms with Crippen LogP contribution in [-0.4, -0.2) is 13.2 Å². The quantitative estimate of drug-likeness (QED) is 0.641. The lowest BCUT2D eigenvalue weighted by atomic mass is 10.0. The first-order valence-electron chi connectivity index (χ1n) is 8.30. The van der Waals surface area contributed by atoms with E-state index in [1.807, 2.05) is 12.1 Å². The van der Waals surface area contributed by atoms with Crippen LogP contribution < -0.4 is 10.1 Å². The first-order chi connectivity index (χ1) is 11.4. The number of benzene rings is 3. The second-order valence-corrected chi connectivity index (χ2v) is 5.69. The molecule has 0 heterocycles. The second kappa shape index (κ2) is 7.68. The van der Waals surface area contributed by atoms with E-state index in [9.17, 15) is 0 Å². The van der Waals surface area contributed by atoms with Crippen LogP contribution in [0, 0.1) is 0 Å². The van der Waals surface area contributed by atoms with Gasteiger partial charge in [-0.1, -0.05) is 55.5 Å². The van der Waals surface area contributed by atoms with Gasteiger partial charge in [0, 0.05) is 18.3 Å². The van der Waals surface area contributed by atoms with Crippen molar-refractivity contribution in [2.45, 2.75) is 19.8 Å². The van der Waals surface area contributed by atoms with Crippen LogP contribution in [0.25, 0.3) is 10.8 Å². The summed E-state index contributed by atoms with van der Waals surface area (Å²) in [5, 5.41) is 6.14. The van der Waals surface area contributed by atoms with Crippen LogP contribution in [0.5, 0.6) is 5.75 Å². The molecule has 0 atom stereocenters. The van der Waals surface area contributed by atoms with Gasteiger partial charge >= 0.3 is 0 Å². The molecule has 1 N–H and O–H groups in total. The van der Waals surface area contributed by atoms with Crippen LogP contribution in [0.1, 0.15) is 18.9 Å². The number of ether oxygens (including phenoxy) is 1. The monoisotopic (exact) mass is 305 g/mol. The number of rotatable bonds is 7. The zero-order valence-electron chi connectivity index (χ0n) is 13.6. The van der Waals surface area contributed by atoms with Crippen LogP contribution in [0.4, 0.5) is 5.69 Å². The minimum Gasteiger partial charge on any atom is -0.494 e. The number of nitrogens with one attached hydrogen (secondary N) is 1. The molecule has 0 aliphatic rings. The first-order valence-corrected chi connectivity index (χ1v) is 8.30. The molecule has 0 amide bonds. The molecule has 0 fully saturated rings. The standard InChI is InChI=1S/C21H23NO/c1-2-15-23-20-11-6-10-19(16-20)22-14-13-18-9-5-8-17-7-3-4-12-21(17)18/h3-12,16,22H,2,13-15H2,1H3. The van der Waals surface area contributed by atoms with Crippen molar-refractivity contribution in [2.24, 2.45) is 0 Å². The SMILES string of the molecule is CCCOc1cccc(NCCc2cccc3ccccc23)c1. The third-order valence-corrected chi connectivity index (χ3v) is 3.91. The summed E-state index contributed by atoms with van der Waals surface area (Å²) in [7, 11) is 0. The molecular formula is C21H23NO. The van der Waals surface area contributed by atoms with E-state index in [0.29, 0.717) is 0 Å². The van der Waals surface area contributed by atoms with Gasteiger partial charge in [-0.25, -0.2) is 0 Å². The smallest absolute Gasteiger partial charge is 0.121 e. The summed E-state index contributed by atoms with van der Waals surface area (Å²) in [6, 6.07) is 23.3. The lowest BCUT2D eigenvalue weighted by molar-refractivity contribution is 0.317. The van der Waals surface area contributed by atoms with Gasteiger partial charge in [-0.2, -0.15) is 0 Å². The van der Waals surface area contributed by atoms with Gasteiger partial charge in [0.05, 0.1) is 6.61 Å². The summed E-state index contributed by atoms with van der Waals surface area (Å²) < 4.78 is 5.68. The molecule has 118 valence electrons. The van der Waals surface area contributed by atoms with Crippen molar-refractivity contribution in [3.8, 4) is 5.75 Å². The molecule has 0 radical (unpaired) electrons. The van der Waals surface area contributed by atoms with E-state index in [0.717, 1.165) is 37.4 Å². The molecule has 3 aromatic carbocycles. The van der Waals surface area contributed by atoms with E-state index in [2.05, 4.69) is 66.8 Å². The molecule has 0 saturated carbocycles. The number of hydrogen-bond donors (Lipinski definition) is 1. The highest BCUT2D eigenvalue weighted by molar-refractivity contribution is 5.85. The van der Waals surface area contributed by atoms with Gasteiger partial charge in [-0.05, 0) is 41.3 Å². The van der Waals surface area contributed by atoms with Crippen molar-refractivity contribution in [2.75, 3.05) is 18.5 Å². The highest BCUT2D eigenvalue weighted by Gasteiger charge is 2.01. The average Bonchev–Trinajstić information content (AvgIpc) is 2.60. The number of anilines is 1. The fourth-order valence-corrected chi connectivity index (χ4v) is 2.77. The Balaban J connectivity index is 1.62. The van der Waals surface area contributed by atoms with Crippen molar-refractivity contribution in [1.82, 2.24) is 0 Å². The largest absolute Gasteiger partial charge is 0.494 e. The average molecular weight is 305 g/mol. The van der Waals surface area contributed by atoms with Gasteiger partial charge in [0.15, 0.2) is 0 Å². The second-order valence-electron chi connectivity index (χ2n) is 5.69. The maximum absolute atomic E-state index is 5.68. The summed E-state index contributed by atoms with van der Waals surface area (Å²) in [5.74, 6) is 0.932. The molecule has 3 rings (SSSR count). The lowest BCUT2D eigenvalue weighted by Crippen LogP contribution is -2.05. The maximum Gasteiger partial charge on any atom is 0.121 e. The predicted molar refractivity (Wildman–Crippen MR) is 98.4 cm³/mol. The van der Waals surface area contributed by atoms with Gasteiger partial charge in [-0.15, -0.1) is 0 Å². The van der Waals surface area contributed by atoms with Gasteiger partial charge in [-0.3, -0.25) is 0 Å². The topological polar surface area (TPSA) is 21.3 Å². The number of hydrogen-bond acceptors (Lipinski definition) is 2. The Hall–Kier alpha value is -2.48. The fourth-order valence-electron chi connectivity index (χ4n) is 2.77. The third kappa shape index (κ3) is 4.04. The van der Waals surface area contributed by atoms with Crippen LogP contribution in [0.15, 0.2) is 66.7 Å². The van der Waals surface area contributed by atoms with E-state index in [1.165, 1.54) is 16.3 Å². The third-order valence-electron chi connectivity index (χ3n) is 3.91. The highest BCUT2D eigenvalue weighted by Crippen LogP contribution is 2.20. The van der Waals surface area contributed by atoms with Crippen LogP contribution in [0.3, 0.4) is 0 Å². The molecule has 0 aliphatic heterocycles. The minimum absolute atomic E-state index is 0.763. The zero-order valence-corrected chi connectivity index (χ0v) is 13.6. The van der Waals surface area contributed by atoms with Crippen LogP contribution in [0.2, 0.25) is 0 Å². The molecule has 23 heavy (non-hydrogen) atoms. The summed E-state index contributed by atoms with van der Waals surface area (Å²) in [6.45, 7) is 3.79. The molecule has 2 heteroatoms. The molecule has 0 aromatic heterocycles. The van der Waals surface area contributed by atoms with Gasteiger partial charge < -0.3 is 10.1 Å². The fraction of sp³-hybridized carbons (Fsp3) is 0.238. The predicted octanol–water partition coefficient (Wildman–Crippen LogP) is 5.28. The molecule has 2 nitrogen and oxygen atoms in total. The summed E-state index contributed by atoms with van der Waals surface area (Å²) in [5.41, 5.74) is 2.49. The van der Waals surface area contributed by atoms with E-state index in [1.54, 1.807) is 0 Å². The molecule has 0 aliphatic carbocycles. The van der Waals surface area contributed by atoms with Crippen LogP contribution >= 0.6 is 0 Å². The van der Waals surface area contributed by atoms with Crippen molar-refractivity contribution in [3.05, 3.63) is 72.3 Å².